The van der Waals surface area contributed by atoms with Gasteiger partial charge in [0.2, 0.25) is 0 Å². The highest BCUT2D eigenvalue weighted by Crippen LogP contribution is 2.27. The fraction of sp³-hybridized carbons (Fsp3) is 0.167. The van der Waals surface area contributed by atoms with E-state index in [2.05, 4.69) is 15.0 Å². The molecule has 18 heavy (non-hydrogen) atoms. The molecule has 3 N–H and O–H groups in total. The molecule has 0 saturated heterocycles. The number of imidazole rings is 1. The van der Waals surface area contributed by atoms with Crippen LogP contribution in [0.25, 0.3) is 21.6 Å². The summed E-state index contributed by atoms with van der Waals surface area (Å²) in [6, 6.07) is 5.68. The predicted molar refractivity (Wildman–Crippen MR) is 70.8 cm³/mol. The van der Waals surface area contributed by atoms with Crippen LogP contribution in [0.3, 0.4) is 0 Å². The summed E-state index contributed by atoms with van der Waals surface area (Å²) >= 11 is 1.55. The van der Waals surface area contributed by atoms with Gasteiger partial charge in [-0.1, -0.05) is 0 Å². The van der Waals surface area contributed by atoms with Crippen LogP contribution in [0.4, 0.5) is 0 Å². The maximum Gasteiger partial charge on any atom is 0.323 e. The molecule has 0 saturated carbocycles. The van der Waals surface area contributed by atoms with E-state index in [0.717, 1.165) is 26.5 Å². The number of fused-ring (bicyclic) bond motifs is 1. The zero-order chi connectivity index (χ0) is 12.5. The van der Waals surface area contributed by atoms with Crippen LogP contribution in [0, 0.1) is 0 Å². The van der Waals surface area contributed by atoms with E-state index in [9.17, 15) is 4.79 Å². The normalized spacial score (nSPS) is 11.2. The molecular formula is C12H11N3O2S. The van der Waals surface area contributed by atoms with Gasteiger partial charge in [0.25, 0.3) is 0 Å². The van der Waals surface area contributed by atoms with Gasteiger partial charge in [0.15, 0.2) is 0 Å². The summed E-state index contributed by atoms with van der Waals surface area (Å²) in [4.78, 5) is 22.0. The molecule has 6 heteroatoms. The molecule has 0 radical (unpaired) electrons. The van der Waals surface area contributed by atoms with Crippen molar-refractivity contribution in [3.05, 3.63) is 39.8 Å². The molecule has 2 heterocycles. The average Bonchev–Trinajstić information content (AvgIpc) is 2.93. The molecule has 0 fully saturated rings. The molecule has 3 rings (SSSR count). The smallest absolute Gasteiger partial charge is 0.323 e. The van der Waals surface area contributed by atoms with Gasteiger partial charge in [-0.3, -0.25) is 0 Å². The highest BCUT2D eigenvalue weighted by molar-refractivity contribution is 7.15. The Labute approximate surface area is 106 Å². The molecule has 2 aromatic heterocycles. The molecule has 0 aliphatic carbocycles. The maximum absolute atomic E-state index is 11.2. The third-order valence-corrected chi connectivity index (χ3v) is 3.78. The number of benzene rings is 1. The monoisotopic (exact) mass is 261 g/mol. The van der Waals surface area contributed by atoms with Crippen molar-refractivity contribution in [2.75, 3.05) is 6.61 Å². The molecule has 0 aliphatic heterocycles. The standard InChI is InChI=1S/C12H11N3O2S/c16-4-3-8-6-13-11(18-8)7-1-2-9-10(5-7)15-12(17)14-9/h1-2,5-6,16H,3-4H2,(H2,14,15,17). The van der Waals surface area contributed by atoms with Crippen molar-refractivity contribution in [1.82, 2.24) is 15.0 Å². The Bertz CT molecular complexity index is 741. The van der Waals surface area contributed by atoms with Crippen LogP contribution in [0.15, 0.2) is 29.2 Å². The molecule has 0 spiro atoms. The number of aliphatic hydroxyl groups is 1. The Morgan fingerprint density at radius 2 is 2.11 bits per heavy atom. The molecule has 1 aromatic carbocycles. The zero-order valence-corrected chi connectivity index (χ0v) is 10.3. The van der Waals surface area contributed by atoms with Gasteiger partial charge in [0.1, 0.15) is 5.01 Å². The SMILES string of the molecule is O=c1[nH]c2ccc(-c3ncc(CCO)s3)cc2[nH]1. The van der Waals surface area contributed by atoms with Crippen molar-refractivity contribution >= 4 is 22.4 Å². The van der Waals surface area contributed by atoms with E-state index >= 15 is 0 Å². The van der Waals surface area contributed by atoms with Crippen molar-refractivity contribution in [2.24, 2.45) is 0 Å². The van der Waals surface area contributed by atoms with Crippen LogP contribution < -0.4 is 5.69 Å². The second-order valence-electron chi connectivity index (χ2n) is 3.94. The first-order valence-electron chi connectivity index (χ1n) is 5.54. The number of nitrogens with zero attached hydrogens (tertiary/aromatic N) is 1. The van der Waals surface area contributed by atoms with Gasteiger partial charge in [-0.05, 0) is 18.2 Å². The largest absolute Gasteiger partial charge is 0.396 e. The van der Waals surface area contributed by atoms with Crippen molar-refractivity contribution < 1.29 is 5.11 Å². The molecule has 3 aromatic rings. The summed E-state index contributed by atoms with van der Waals surface area (Å²) in [5.41, 5.74) is 2.32. The molecule has 92 valence electrons. The molecule has 0 aliphatic rings. The van der Waals surface area contributed by atoms with E-state index in [0.29, 0.717) is 6.42 Å². The van der Waals surface area contributed by atoms with Gasteiger partial charge >= 0.3 is 5.69 Å². The van der Waals surface area contributed by atoms with Crippen molar-refractivity contribution in [2.45, 2.75) is 6.42 Å². The summed E-state index contributed by atoms with van der Waals surface area (Å²) < 4.78 is 0. The number of hydrogen-bond acceptors (Lipinski definition) is 4. The summed E-state index contributed by atoms with van der Waals surface area (Å²) in [5.74, 6) is 0. The lowest BCUT2D eigenvalue weighted by Crippen LogP contribution is -1.99. The second kappa shape index (κ2) is 4.40. The molecule has 0 bridgehead atoms. The van der Waals surface area contributed by atoms with Crippen LogP contribution in [0.2, 0.25) is 0 Å². The van der Waals surface area contributed by atoms with Gasteiger partial charge in [0.05, 0.1) is 11.0 Å². The van der Waals surface area contributed by atoms with E-state index in [1.807, 2.05) is 18.2 Å². The predicted octanol–water partition coefficient (Wildman–Crippen LogP) is 1.51. The Hall–Kier alpha value is -1.92. The minimum Gasteiger partial charge on any atom is -0.396 e. The number of aromatic nitrogens is 3. The minimum atomic E-state index is -0.206. The summed E-state index contributed by atoms with van der Waals surface area (Å²) in [5, 5.41) is 9.77. The van der Waals surface area contributed by atoms with Gasteiger partial charge in [-0.15, -0.1) is 11.3 Å². The highest BCUT2D eigenvalue weighted by Gasteiger charge is 2.06. The first kappa shape index (κ1) is 11.2. The molecule has 0 atom stereocenters. The minimum absolute atomic E-state index is 0.131. The number of rotatable bonds is 3. The summed E-state index contributed by atoms with van der Waals surface area (Å²) in [6.45, 7) is 0.131. The maximum atomic E-state index is 11.2. The average molecular weight is 261 g/mol. The van der Waals surface area contributed by atoms with E-state index in [1.54, 1.807) is 17.5 Å². The van der Waals surface area contributed by atoms with E-state index in [-0.39, 0.29) is 12.3 Å². The molecular weight excluding hydrogens is 250 g/mol. The van der Waals surface area contributed by atoms with Crippen LogP contribution in [-0.2, 0) is 6.42 Å². The van der Waals surface area contributed by atoms with Crippen molar-refractivity contribution in [1.29, 1.82) is 0 Å². The van der Waals surface area contributed by atoms with Gasteiger partial charge in [0, 0.05) is 29.7 Å². The van der Waals surface area contributed by atoms with E-state index in [1.165, 1.54) is 0 Å². The number of nitrogens with one attached hydrogen (secondary N) is 2. The molecule has 5 nitrogen and oxygen atoms in total. The number of aromatic amines is 2. The molecule has 0 amide bonds. The lowest BCUT2D eigenvalue weighted by atomic mass is 10.2. The van der Waals surface area contributed by atoms with E-state index < -0.39 is 0 Å². The molecule has 0 unspecified atom stereocenters. The fourth-order valence-corrected chi connectivity index (χ4v) is 2.73. The van der Waals surface area contributed by atoms with Gasteiger partial charge < -0.3 is 15.1 Å². The Kier molecular flexibility index (Phi) is 2.73. The Morgan fingerprint density at radius 1 is 1.28 bits per heavy atom. The Balaban J connectivity index is 2.04. The van der Waals surface area contributed by atoms with Gasteiger partial charge in [-0.25, -0.2) is 9.78 Å². The lowest BCUT2D eigenvalue weighted by Gasteiger charge is -1.95. The summed E-state index contributed by atoms with van der Waals surface area (Å²) in [6.07, 6.45) is 2.40. The quantitative estimate of drug-likeness (QED) is 0.668. The van der Waals surface area contributed by atoms with Crippen LogP contribution in [-0.4, -0.2) is 26.7 Å². The Morgan fingerprint density at radius 3 is 2.94 bits per heavy atom. The zero-order valence-electron chi connectivity index (χ0n) is 9.43. The third-order valence-electron chi connectivity index (χ3n) is 2.67. The number of thiazole rings is 1. The van der Waals surface area contributed by atoms with E-state index in [4.69, 9.17) is 5.11 Å². The van der Waals surface area contributed by atoms with Crippen LogP contribution >= 0.6 is 11.3 Å². The van der Waals surface area contributed by atoms with Gasteiger partial charge in [-0.2, -0.15) is 0 Å². The second-order valence-corrected chi connectivity index (χ2v) is 5.06. The number of H-pyrrole nitrogens is 2. The van der Waals surface area contributed by atoms with Crippen molar-refractivity contribution in [3.8, 4) is 10.6 Å². The highest BCUT2D eigenvalue weighted by atomic mass is 32.1. The van der Waals surface area contributed by atoms with Crippen molar-refractivity contribution in [3.63, 3.8) is 0 Å². The number of aliphatic hydroxyl groups excluding tert-OH is 1. The fourth-order valence-electron chi connectivity index (χ4n) is 1.83. The first-order chi connectivity index (χ1) is 8.76. The lowest BCUT2D eigenvalue weighted by molar-refractivity contribution is 0.300. The first-order valence-corrected chi connectivity index (χ1v) is 6.36. The third kappa shape index (κ3) is 1.96. The van der Waals surface area contributed by atoms with Crippen LogP contribution in [0.1, 0.15) is 4.88 Å². The summed E-state index contributed by atoms with van der Waals surface area (Å²) in [7, 11) is 0. The number of hydrogen-bond donors (Lipinski definition) is 3. The van der Waals surface area contributed by atoms with Crippen LogP contribution in [0.5, 0.6) is 0 Å². The topological polar surface area (TPSA) is 81.8 Å².